The van der Waals surface area contributed by atoms with Crippen LogP contribution in [-0.2, 0) is 16.6 Å². The van der Waals surface area contributed by atoms with E-state index in [1.807, 2.05) is 19.1 Å². The van der Waals surface area contributed by atoms with Crippen molar-refractivity contribution < 1.29 is 8.42 Å². The van der Waals surface area contributed by atoms with Gasteiger partial charge in [-0.25, -0.2) is 13.1 Å². The van der Waals surface area contributed by atoms with Gasteiger partial charge in [0.2, 0.25) is 10.0 Å². The molecular formula is C11H18N2O2S. The summed E-state index contributed by atoms with van der Waals surface area (Å²) in [7, 11) is -1.93. The maximum Gasteiger partial charge on any atom is 0.240 e. The topological polar surface area (TPSA) is 58.2 Å². The molecule has 0 spiro atoms. The molecule has 0 heterocycles. The van der Waals surface area contributed by atoms with Crippen molar-refractivity contribution in [3.05, 3.63) is 29.3 Å². The molecule has 0 radical (unpaired) electrons. The first kappa shape index (κ1) is 13.2. The van der Waals surface area contributed by atoms with Crippen molar-refractivity contribution >= 4 is 10.0 Å². The molecule has 0 aliphatic carbocycles. The van der Waals surface area contributed by atoms with Crippen molar-refractivity contribution in [1.29, 1.82) is 0 Å². The third-order valence-corrected chi connectivity index (χ3v) is 3.95. The molecule has 0 aromatic heterocycles. The summed E-state index contributed by atoms with van der Waals surface area (Å²) in [4.78, 5) is 0.352. The minimum atomic E-state index is -3.35. The van der Waals surface area contributed by atoms with Gasteiger partial charge in [-0.2, -0.15) is 0 Å². The summed E-state index contributed by atoms with van der Waals surface area (Å²) in [6.45, 7) is 5.35. The number of hydrogen-bond donors (Lipinski definition) is 2. The molecule has 90 valence electrons. The predicted octanol–water partition coefficient (Wildman–Crippen LogP) is 1.01. The highest BCUT2D eigenvalue weighted by molar-refractivity contribution is 7.89. The van der Waals surface area contributed by atoms with E-state index < -0.39 is 10.0 Å². The summed E-state index contributed by atoms with van der Waals surface area (Å²) < 4.78 is 25.8. The fraction of sp³-hybridized carbons (Fsp3) is 0.455. The van der Waals surface area contributed by atoms with Crippen molar-refractivity contribution in [3.8, 4) is 0 Å². The van der Waals surface area contributed by atoms with Gasteiger partial charge in [-0.1, -0.05) is 19.1 Å². The van der Waals surface area contributed by atoms with E-state index in [1.54, 1.807) is 13.0 Å². The van der Waals surface area contributed by atoms with Crippen LogP contribution >= 0.6 is 0 Å². The third kappa shape index (κ3) is 3.04. The van der Waals surface area contributed by atoms with Crippen LogP contribution in [-0.4, -0.2) is 22.0 Å². The van der Waals surface area contributed by atoms with Gasteiger partial charge in [0.1, 0.15) is 0 Å². The standard InChI is InChI=1S/C11H18N2O2S/c1-4-13-8-10-6-5-9(2)11(7-10)16(14,15)12-3/h5-7,12-13H,4,8H2,1-3H3. The zero-order valence-electron chi connectivity index (χ0n) is 9.87. The highest BCUT2D eigenvalue weighted by atomic mass is 32.2. The first-order chi connectivity index (χ1) is 7.51. The van der Waals surface area contributed by atoms with Crippen LogP contribution in [0.4, 0.5) is 0 Å². The Hall–Kier alpha value is -0.910. The second-order valence-corrected chi connectivity index (χ2v) is 5.44. The third-order valence-electron chi connectivity index (χ3n) is 2.39. The van der Waals surface area contributed by atoms with Crippen molar-refractivity contribution in [2.24, 2.45) is 0 Å². The zero-order chi connectivity index (χ0) is 12.2. The van der Waals surface area contributed by atoms with E-state index in [2.05, 4.69) is 10.0 Å². The molecule has 1 aromatic carbocycles. The van der Waals surface area contributed by atoms with Gasteiger partial charge in [0.25, 0.3) is 0 Å². The van der Waals surface area contributed by atoms with Gasteiger partial charge in [0, 0.05) is 6.54 Å². The highest BCUT2D eigenvalue weighted by Crippen LogP contribution is 2.16. The first-order valence-corrected chi connectivity index (χ1v) is 6.73. The van der Waals surface area contributed by atoms with E-state index in [-0.39, 0.29) is 0 Å². The Labute approximate surface area is 97.1 Å². The van der Waals surface area contributed by atoms with Crippen molar-refractivity contribution in [1.82, 2.24) is 10.0 Å². The predicted molar refractivity (Wildman–Crippen MR) is 64.8 cm³/mol. The van der Waals surface area contributed by atoms with E-state index in [9.17, 15) is 8.42 Å². The zero-order valence-corrected chi connectivity index (χ0v) is 10.7. The fourth-order valence-electron chi connectivity index (χ4n) is 1.42. The summed E-state index contributed by atoms with van der Waals surface area (Å²) in [5, 5.41) is 3.17. The van der Waals surface area contributed by atoms with Gasteiger partial charge in [0.15, 0.2) is 0 Å². The molecule has 0 amide bonds. The lowest BCUT2D eigenvalue weighted by atomic mass is 10.1. The average molecular weight is 242 g/mol. The Morgan fingerprint density at radius 1 is 1.31 bits per heavy atom. The van der Waals surface area contributed by atoms with Gasteiger partial charge in [-0.3, -0.25) is 0 Å². The number of hydrogen-bond acceptors (Lipinski definition) is 3. The number of benzene rings is 1. The Balaban J connectivity index is 3.09. The lowest BCUT2D eigenvalue weighted by Crippen LogP contribution is -2.20. The summed E-state index contributed by atoms with van der Waals surface area (Å²) >= 11 is 0. The smallest absolute Gasteiger partial charge is 0.240 e. The molecule has 0 atom stereocenters. The van der Waals surface area contributed by atoms with Crippen molar-refractivity contribution in [3.63, 3.8) is 0 Å². The van der Waals surface area contributed by atoms with Gasteiger partial charge >= 0.3 is 0 Å². The van der Waals surface area contributed by atoms with Gasteiger partial charge in [-0.15, -0.1) is 0 Å². The van der Waals surface area contributed by atoms with Crippen LogP contribution in [0.25, 0.3) is 0 Å². The summed E-state index contributed by atoms with van der Waals surface area (Å²) in [6, 6.07) is 5.48. The molecule has 0 aliphatic rings. The van der Waals surface area contributed by atoms with Crippen LogP contribution in [0.1, 0.15) is 18.1 Å². The van der Waals surface area contributed by atoms with E-state index in [1.165, 1.54) is 7.05 Å². The molecule has 0 saturated carbocycles. The van der Waals surface area contributed by atoms with Crippen molar-refractivity contribution in [2.45, 2.75) is 25.3 Å². The molecule has 2 N–H and O–H groups in total. The molecule has 5 heteroatoms. The van der Waals surface area contributed by atoms with Crippen LogP contribution in [0.2, 0.25) is 0 Å². The molecule has 0 bridgehead atoms. The molecule has 0 saturated heterocycles. The molecule has 0 fully saturated rings. The van der Waals surface area contributed by atoms with Crippen molar-refractivity contribution in [2.75, 3.05) is 13.6 Å². The summed E-state index contributed by atoms with van der Waals surface area (Å²) in [5.74, 6) is 0. The number of nitrogens with one attached hydrogen (secondary N) is 2. The van der Waals surface area contributed by atoms with E-state index in [4.69, 9.17) is 0 Å². The average Bonchev–Trinajstić information content (AvgIpc) is 2.27. The second-order valence-electron chi connectivity index (χ2n) is 3.59. The number of rotatable bonds is 5. The van der Waals surface area contributed by atoms with Crippen LogP contribution in [0.3, 0.4) is 0 Å². The molecule has 4 nitrogen and oxygen atoms in total. The Bertz CT molecular complexity index is 455. The van der Waals surface area contributed by atoms with Crippen LogP contribution < -0.4 is 10.0 Å². The van der Waals surface area contributed by atoms with Crippen LogP contribution in [0, 0.1) is 6.92 Å². The summed E-state index contributed by atoms with van der Waals surface area (Å²) in [5.41, 5.74) is 1.73. The fourth-order valence-corrected chi connectivity index (χ4v) is 2.44. The van der Waals surface area contributed by atoms with E-state index in [0.29, 0.717) is 11.4 Å². The molecule has 1 rings (SSSR count). The maximum absolute atomic E-state index is 11.7. The SMILES string of the molecule is CCNCc1ccc(C)c(S(=O)(=O)NC)c1. The molecule has 0 unspecified atom stereocenters. The largest absolute Gasteiger partial charge is 0.313 e. The van der Waals surface area contributed by atoms with E-state index >= 15 is 0 Å². The normalized spacial score (nSPS) is 11.7. The van der Waals surface area contributed by atoms with Crippen LogP contribution in [0.5, 0.6) is 0 Å². The first-order valence-electron chi connectivity index (χ1n) is 5.25. The van der Waals surface area contributed by atoms with Gasteiger partial charge < -0.3 is 5.32 Å². The van der Waals surface area contributed by atoms with Gasteiger partial charge in [0.05, 0.1) is 4.90 Å². The number of aryl methyl sites for hydroxylation is 1. The Morgan fingerprint density at radius 2 is 2.00 bits per heavy atom. The Morgan fingerprint density at radius 3 is 2.56 bits per heavy atom. The van der Waals surface area contributed by atoms with Crippen LogP contribution in [0.15, 0.2) is 23.1 Å². The van der Waals surface area contributed by atoms with Gasteiger partial charge in [-0.05, 0) is 37.7 Å². The quantitative estimate of drug-likeness (QED) is 0.810. The molecule has 16 heavy (non-hydrogen) atoms. The summed E-state index contributed by atoms with van der Waals surface area (Å²) in [6.07, 6.45) is 0. The minimum absolute atomic E-state index is 0.352. The lowest BCUT2D eigenvalue weighted by molar-refractivity contribution is 0.587. The molecular weight excluding hydrogens is 224 g/mol. The number of sulfonamides is 1. The highest BCUT2D eigenvalue weighted by Gasteiger charge is 2.14. The molecule has 0 aliphatic heterocycles. The van der Waals surface area contributed by atoms with E-state index in [0.717, 1.165) is 17.7 Å². The Kier molecular flexibility index (Phi) is 4.46. The lowest BCUT2D eigenvalue weighted by Gasteiger charge is -2.09. The second kappa shape index (κ2) is 5.43. The minimum Gasteiger partial charge on any atom is -0.313 e. The monoisotopic (exact) mass is 242 g/mol. The maximum atomic E-state index is 11.7. The molecule has 1 aromatic rings.